The molecule has 0 aliphatic heterocycles. The standard InChI is InChI=1S/C14H16FN/c1-5-9-12-14(11-7-3)16(15)13(8-4)10-6-2/h5-12H,1-4H2/b12-9-,13-10+,14-11+. The fourth-order valence-corrected chi connectivity index (χ4v) is 0.957. The molecular weight excluding hydrogens is 201 g/mol. The molecule has 1 nitrogen and oxygen atoms in total. The molecule has 2 heteroatoms. The quantitative estimate of drug-likeness (QED) is 0.455. The number of allylic oxidation sites excluding steroid dienone is 8. The molecule has 0 bridgehead atoms. The lowest BCUT2D eigenvalue weighted by molar-refractivity contribution is 0.130. The summed E-state index contributed by atoms with van der Waals surface area (Å²) in [5.74, 6) is 0. The summed E-state index contributed by atoms with van der Waals surface area (Å²) in [7, 11) is 0. The van der Waals surface area contributed by atoms with Crippen LogP contribution in [-0.2, 0) is 0 Å². The van der Waals surface area contributed by atoms with E-state index in [9.17, 15) is 4.48 Å². The van der Waals surface area contributed by atoms with Gasteiger partial charge in [-0.3, -0.25) is 0 Å². The summed E-state index contributed by atoms with van der Waals surface area (Å²) in [5, 5.41) is 0.496. The van der Waals surface area contributed by atoms with Gasteiger partial charge in [0, 0.05) is 0 Å². The molecule has 0 rings (SSSR count). The summed E-state index contributed by atoms with van der Waals surface area (Å²) >= 11 is 0. The number of hydrogen-bond donors (Lipinski definition) is 0. The number of halogens is 1. The Balaban J connectivity index is 5.14. The molecule has 0 saturated carbocycles. The van der Waals surface area contributed by atoms with Crippen molar-refractivity contribution >= 4 is 0 Å². The van der Waals surface area contributed by atoms with Gasteiger partial charge in [-0.25, -0.2) is 0 Å². The van der Waals surface area contributed by atoms with E-state index in [2.05, 4.69) is 26.3 Å². The molecule has 16 heavy (non-hydrogen) atoms. The molecular formula is C14H16FN. The molecule has 0 aromatic rings. The Morgan fingerprint density at radius 1 is 0.875 bits per heavy atom. The lowest BCUT2D eigenvalue weighted by Crippen LogP contribution is -2.09. The fraction of sp³-hybridized carbons (Fsp3) is 0. The first-order chi connectivity index (χ1) is 7.71. The van der Waals surface area contributed by atoms with Gasteiger partial charge in [0.25, 0.3) is 0 Å². The third-order valence-corrected chi connectivity index (χ3v) is 1.64. The molecule has 0 radical (unpaired) electrons. The van der Waals surface area contributed by atoms with Crippen molar-refractivity contribution in [2.24, 2.45) is 0 Å². The van der Waals surface area contributed by atoms with Crippen LogP contribution in [0.2, 0.25) is 0 Å². The summed E-state index contributed by atoms with van der Waals surface area (Å²) < 4.78 is 13.9. The van der Waals surface area contributed by atoms with Gasteiger partial charge in [0.2, 0.25) is 0 Å². The Morgan fingerprint density at radius 3 is 1.88 bits per heavy atom. The van der Waals surface area contributed by atoms with E-state index in [0.717, 1.165) is 0 Å². The number of nitrogens with zero attached hydrogens (tertiary/aromatic N) is 1. The van der Waals surface area contributed by atoms with Crippen molar-refractivity contribution in [1.82, 2.24) is 5.12 Å². The Hall–Kier alpha value is -2.09. The third kappa shape index (κ3) is 4.42. The molecule has 0 atom stereocenters. The fourth-order valence-electron chi connectivity index (χ4n) is 0.957. The van der Waals surface area contributed by atoms with Crippen molar-refractivity contribution in [3.05, 3.63) is 86.3 Å². The molecule has 84 valence electrons. The summed E-state index contributed by atoms with van der Waals surface area (Å²) in [6, 6.07) is 0. The van der Waals surface area contributed by atoms with Gasteiger partial charge in [0.1, 0.15) is 0 Å². The molecule has 0 fully saturated rings. The van der Waals surface area contributed by atoms with Crippen LogP contribution in [0.25, 0.3) is 0 Å². The second-order valence-corrected chi connectivity index (χ2v) is 2.73. The van der Waals surface area contributed by atoms with Crippen LogP contribution in [0.3, 0.4) is 0 Å². The van der Waals surface area contributed by atoms with E-state index in [1.54, 1.807) is 24.3 Å². The van der Waals surface area contributed by atoms with Crippen LogP contribution < -0.4 is 0 Å². The van der Waals surface area contributed by atoms with Crippen molar-refractivity contribution in [2.45, 2.75) is 0 Å². The highest BCUT2D eigenvalue weighted by Crippen LogP contribution is 2.16. The second kappa shape index (κ2) is 8.24. The van der Waals surface area contributed by atoms with Crippen LogP contribution in [0.4, 0.5) is 4.48 Å². The van der Waals surface area contributed by atoms with Gasteiger partial charge in [0.05, 0.1) is 11.4 Å². The first-order valence-electron chi connectivity index (χ1n) is 4.74. The molecule has 0 aliphatic rings. The van der Waals surface area contributed by atoms with E-state index in [1.807, 2.05) is 0 Å². The minimum Gasteiger partial charge on any atom is -0.180 e. The summed E-state index contributed by atoms with van der Waals surface area (Å²) in [4.78, 5) is 0. The molecule has 0 N–H and O–H groups in total. The van der Waals surface area contributed by atoms with Gasteiger partial charge in [0.15, 0.2) is 0 Å². The summed E-state index contributed by atoms with van der Waals surface area (Å²) in [5.41, 5.74) is 0.639. The van der Waals surface area contributed by atoms with Crippen molar-refractivity contribution < 1.29 is 4.48 Å². The highest BCUT2D eigenvalue weighted by Gasteiger charge is 2.07. The molecule has 0 heterocycles. The van der Waals surface area contributed by atoms with E-state index in [0.29, 0.717) is 16.5 Å². The predicted molar refractivity (Wildman–Crippen MR) is 69.0 cm³/mol. The Kier molecular flexibility index (Phi) is 7.16. The number of hydrogen-bond acceptors (Lipinski definition) is 1. The van der Waals surface area contributed by atoms with Crippen LogP contribution in [0.15, 0.2) is 86.3 Å². The molecule has 0 unspecified atom stereocenters. The molecule has 0 amide bonds. The van der Waals surface area contributed by atoms with Crippen LogP contribution >= 0.6 is 0 Å². The van der Waals surface area contributed by atoms with Gasteiger partial charge >= 0.3 is 0 Å². The Labute approximate surface area is 96.5 Å². The topological polar surface area (TPSA) is 3.24 Å². The zero-order valence-electron chi connectivity index (χ0n) is 9.27. The second-order valence-electron chi connectivity index (χ2n) is 2.73. The first-order valence-corrected chi connectivity index (χ1v) is 4.74. The van der Waals surface area contributed by atoms with Crippen molar-refractivity contribution in [3.63, 3.8) is 0 Å². The SMILES string of the molecule is C=C/C=C\C(=C/C=C)N(F)/C(C=C)=C/C=C. The molecule has 0 spiro atoms. The van der Waals surface area contributed by atoms with Crippen molar-refractivity contribution in [2.75, 3.05) is 0 Å². The monoisotopic (exact) mass is 217 g/mol. The largest absolute Gasteiger partial charge is 0.180 e. The zero-order chi connectivity index (χ0) is 12.4. The highest BCUT2D eigenvalue weighted by molar-refractivity contribution is 5.30. The molecule has 0 saturated heterocycles. The average Bonchev–Trinajstić information content (AvgIpc) is 2.30. The lowest BCUT2D eigenvalue weighted by atomic mass is 10.3. The van der Waals surface area contributed by atoms with E-state index in [4.69, 9.17) is 0 Å². The Morgan fingerprint density at radius 2 is 1.44 bits per heavy atom. The van der Waals surface area contributed by atoms with Crippen LogP contribution in [0.5, 0.6) is 0 Å². The molecule has 0 aromatic heterocycles. The maximum absolute atomic E-state index is 13.9. The van der Waals surface area contributed by atoms with E-state index >= 15 is 0 Å². The van der Waals surface area contributed by atoms with E-state index in [1.165, 1.54) is 24.3 Å². The summed E-state index contributed by atoms with van der Waals surface area (Å²) in [6.07, 6.45) is 12.2. The zero-order valence-corrected chi connectivity index (χ0v) is 9.27. The maximum Gasteiger partial charge on any atom is 0.0746 e. The highest BCUT2D eigenvalue weighted by atomic mass is 19.2. The smallest absolute Gasteiger partial charge is 0.0746 e. The molecule has 0 aromatic carbocycles. The maximum atomic E-state index is 13.9. The van der Waals surface area contributed by atoms with Crippen molar-refractivity contribution in [1.29, 1.82) is 0 Å². The van der Waals surface area contributed by atoms with E-state index < -0.39 is 0 Å². The van der Waals surface area contributed by atoms with Gasteiger partial charge in [-0.1, -0.05) is 55.1 Å². The number of rotatable bonds is 7. The minimum atomic E-state index is 0.303. The van der Waals surface area contributed by atoms with Crippen LogP contribution in [-0.4, -0.2) is 5.12 Å². The van der Waals surface area contributed by atoms with Gasteiger partial charge < -0.3 is 0 Å². The third-order valence-electron chi connectivity index (χ3n) is 1.64. The predicted octanol–water partition coefficient (Wildman–Crippen LogP) is 4.24. The normalized spacial score (nSPS) is 12.3. The van der Waals surface area contributed by atoms with Crippen LogP contribution in [0.1, 0.15) is 0 Å². The van der Waals surface area contributed by atoms with Crippen molar-refractivity contribution in [3.8, 4) is 0 Å². The minimum absolute atomic E-state index is 0.303. The Bertz CT molecular complexity index is 359. The van der Waals surface area contributed by atoms with Gasteiger partial charge in [-0.15, -0.1) is 0 Å². The van der Waals surface area contributed by atoms with E-state index in [-0.39, 0.29) is 0 Å². The summed E-state index contributed by atoms with van der Waals surface area (Å²) in [6.45, 7) is 14.1. The lowest BCUT2D eigenvalue weighted by Gasteiger charge is -2.15. The van der Waals surface area contributed by atoms with Crippen LogP contribution in [0, 0.1) is 0 Å². The molecule has 0 aliphatic carbocycles. The average molecular weight is 217 g/mol. The van der Waals surface area contributed by atoms with Gasteiger partial charge in [-0.2, -0.15) is 5.12 Å². The first kappa shape index (κ1) is 13.9. The van der Waals surface area contributed by atoms with Gasteiger partial charge in [-0.05, 0) is 24.3 Å².